The Morgan fingerprint density at radius 3 is 2.78 bits per heavy atom. The number of aromatic nitrogens is 1. The third-order valence-electron chi connectivity index (χ3n) is 0.875. The van der Waals surface area contributed by atoms with E-state index in [1.54, 1.807) is 6.07 Å². The van der Waals surface area contributed by atoms with Crippen molar-refractivity contribution >= 4 is 24.5 Å². The quantitative estimate of drug-likeness (QED) is 0.556. The molecule has 1 radical (unpaired) electrons. The van der Waals surface area contributed by atoms with Crippen LogP contribution in [-0.4, -0.2) is 17.5 Å². The van der Waals surface area contributed by atoms with E-state index in [9.17, 15) is 0 Å². The fourth-order valence-corrected chi connectivity index (χ4v) is 0.681. The first kappa shape index (κ1) is 6.58. The largest absolute Gasteiger partial charge is 0.450 e. The van der Waals surface area contributed by atoms with Gasteiger partial charge >= 0.3 is 7.48 Å². The second-order valence-corrected chi connectivity index (χ2v) is 2.00. The van der Waals surface area contributed by atoms with E-state index < -0.39 is 0 Å². The molecule has 9 heavy (non-hydrogen) atoms. The summed E-state index contributed by atoms with van der Waals surface area (Å²) in [6, 6.07) is 1.62. The molecule has 45 valence electrons. The van der Waals surface area contributed by atoms with Gasteiger partial charge in [-0.05, 0) is 11.5 Å². The van der Waals surface area contributed by atoms with Crippen molar-refractivity contribution < 1.29 is 5.02 Å². The van der Waals surface area contributed by atoms with E-state index in [2.05, 4.69) is 4.98 Å². The first-order valence-corrected chi connectivity index (χ1v) is 2.78. The highest BCUT2D eigenvalue weighted by Gasteiger charge is 1.92. The van der Waals surface area contributed by atoms with Gasteiger partial charge in [0.1, 0.15) is 0 Å². The lowest BCUT2D eigenvalue weighted by molar-refractivity contribution is 0.615. The predicted molar refractivity (Wildman–Crippen MR) is 36.9 cm³/mol. The Balaban J connectivity index is 2.94. The van der Waals surface area contributed by atoms with Crippen molar-refractivity contribution in [1.29, 1.82) is 0 Å². The van der Waals surface area contributed by atoms with Crippen molar-refractivity contribution in [2.75, 3.05) is 0 Å². The Morgan fingerprint density at radius 2 is 2.33 bits per heavy atom. The highest BCUT2D eigenvalue weighted by atomic mass is 35.5. The lowest BCUT2D eigenvalue weighted by Gasteiger charge is -1.90. The molecule has 1 N–H and O–H groups in total. The van der Waals surface area contributed by atoms with Crippen LogP contribution in [-0.2, 0) is 0 Å². The van der Waals surface area contributed by atoms with Crippen LogP contribution in [0.3, 0.4) is 0 Å². The minimum Gasteiger partial charge on any atom is -0.450 e. The van der Waals surface area contributed by atoms with Gasteiger partial charge in [-0.1, -0.05) is 11.6 Å². The van der Waals surface area contributed by atoms with E-state index in [1.807, 2.05) is 0 Å². The van der Waals surface area contributed by atoms with Crippen molar-refractivity contribution in [3.63, 3.8) is 0 Å². The SMILES string of the molecule is O[B]c1cncc(Cl)c1. The summed E-state index contributed by atoms with van der Waals surface area (Å²) >= 11 is 5.53. The third-order valence-corrected chi connectivity index (χ3v) is 1.08. The van der Waals surface area contributed by atoms with E-state index in [-0.39, 0.29) is 0 Å². The zero-order valence-corrected chi connectivity index (χ0v) is 5.34. The monoisotopic (exact) mass is 140 g/mol. The number of rotatable bonds is 1. The van der Waals surface area contributed by atoms with Gasteiger partial charge in [-0.2, -0.15) is 0 Å². The van der Waals surface area contributed by atoms with Crippen molar-refractivity contribution in [3.8, 4) is 0 Å². The summed E-state index contributed by atoms with van der Waals surface area (Å²) in [5, 5.41) is 8.96. The van der Waals surface area contributed by atoms with E-state index >= 15 is 0 Å². The molecule has 0 aliphatic carbocycles. The van der Waals surface area contributed by atoms with Gasteiger partial charge in [0.15, 0.2) is 0 Å². The summed E-state index contributed by atoms with van der Waals surface area (Å²) in [7, 11) is 0.957. The molecule has 4 heteroatoms. The zero-order chi connectivity index (χ0) is 6.69. The first-order chi connectivity index (χ1) is 4.33. The Hall–Kier alpha value is -0.535. The van der Waals surface area contributed by atoms with Gasteiger partial charge in [-0.15, -0.1) is 0 Å². The van der Waals surface area contributed by atoms with Crippen LogP contribution in [0.4, 0.5) is 0 Å². The molecule has 1 heterocycles. The van der Waals surface area contributed by atoms with Crippen LogP contribution in [0.1, 0.15) is 0 Å². The van der Waals surface area contributed by atoms with Crippen LogP contribution in [0.25, 0.3) is 0 Å². The van der Waals surface area contributed by atoms with Crippen LogP contribution in [0.15, 0.2) is 18.5 Å². The summed E-state index contributed by atoms with van der Waals surface area (Å²) in [5.41, 5.74) is 0.613. The van der Waals surface area contributed by atoms with E-state index in [1.165, 1.54) is 12.4 Å². The van der Waals surface area contributed by atoms with E-state index in [4.69, 9.17) is 16.6 Å². The first-order valence-electron chi connectivity index (χ1n) is 2.41. The van der Waals surface area contributed by atoms with Crippen LogP contribution in [0.5, 0.6) is 0 Å². The molecule has 0 aromatic carbocycles. The normalized spacial score (nSPS) is 9.11. The Labute approximate surface area is 58.8 Å². The second-order valence-electron chi connectivity index (χ2n) is 1.57. The average molecular weight is 140 g/mol. The van der Waals surface area contributed by atoms with Crippen LogP contribution in [0.2, 0.25) is 5.02 Å². The summed E-state index contributed by atoms with van der Waals surface area (Å²) in [6.45, 7) is 0. The molecule has 0 atom stereocenters. The summed E-state index contributed by atoms with van der Waals surface area (Å²) < 4.78 is 0. The molecular formula is C5H4BClNO. The molecule has 0 amide bonds. The molecule has 2 nitrogen and oxygen atoms in total. The minimum atomic E-state index is 0.526. The van der Waals surface area contributed by atoms with Crippen LogP contribution in [0, 0.1) is 0 Å². The number of pyridine rings is 1. The molecule has 0 bridgehead atoms. The van der Waals surface area contributed by atoms with Crippen molar-refractivity contribution in [2.45, 2.75) is 0 Å². The molecule has 0 spiro atoms. The highest BCUT2D eigenvalue weighted by Crippen LogP contribution is 1.99. The Bertz CT molecular complexity index is 206. The summed E-state index contributed by atoms with van der Waals surface area (Å²) in [4.78, 5) is 3.73. The molecule has 1 aromatic heterocycles. The maximum absolute atomic E-state index is 8.44. The predicted octanol–water partition coefficient (Wildman–Crippen LogP) is -0.0282. The standard InChI is InChI=1S/C5H4BClNO/c7-5-1-4(6-9)2-8-3-5/h1-3,9H. The molecule has 0 unspecified atom stereocenters. The maximum atomic E-state index is 8.44. The minimum absolute atomic E-state index is 0.526. The third kappa shape index (κ3) is 1.70. The number of hydrogen-bond donors (Lipinski definition) is 1. The summed E-state index contributed by atoms with van der Waals surface area (Å²) in [6.07, 6.45) is 3.03. The number of hydrogen-bond acceptors (Lipinski definition) is 2. The van der Waals surface area contributed by atoms with Gasteiger partial charge < -0.3 is 5.02 Å². The van der Waals surface area contributed by atoms with Gasteiger partial charge in [-0.25, -0.2) is 0 Å². The molecule has 1 aromatic rings. The topological polar surface area (TPSA) is 33.1 Å². The van der Waals surface area contributed by atoms with E-state index in [0.717, 1.165) is 7.48 Å². The van der Waals surface area contributed by atoms with Gasteiger partial charge in [0.05, 0.1) is 5.02 Å². The molecule has 0 saturated heterocycles. The molecule has 1 rings (SSSR count). The molecule has 0 aliphatic heterocycles. The van der Waals surface area contributed by atoms with Crippen LogP contribution < -0.4 is 5.46 Å². The van der Waals surface area contributed by atoms with Crippen LogP contribution >= 0.6 is 11.6 Å². The Kier molecular flexibility index (Phi) is 2.08. The fourth-order valence-electron chi connectivity index (χ4n) is 0.499. The highest BCUT2D eigenvalue weighted by molar-refractivity contribution is 6.46. The van der Waals surface area contributed by atoms with Gasteiger partial charge in [0.2, 0.25) is 0 Å². The smallest absolute Gasteiger partial charge is 0.328 e. The lowest BCUT2D eigenvalue weighted by Crippen LogP contribution is -2.13. The summed E-state index contributed by atoms with van der Waals surface area (Å²) in [5.74, 6) is 0. The second kappa shape index (κ2) is 2.85. The molecule has 0 fully saturated rings. The number of halogens is 1. The van der Waals surface area contributed by atoms with Crippen molar-refractivity contribution in [2.24, 2.45) is 0 Å². The lowest BCUT2D eigenvalue weighted by atomic mass is 9.91. The van der Waals surface area contributed by atoms with Gasteiger partial charge in [0, 0.05) is 12.4 Å². The van der Waals surface area contributed by atoms with Crippen molar-refractivity contribution in [3.05, 3.63) is 23.5 Å². The molecular weight excluding hydrogens is 136 g/mol. The molecule has 0 saturated carbocycles. The van der Waals surface area contributed by atoms with Gasteiger partial charge in [0.25, 0.3) is 0 Å². The average Bonchev–Trinajstić information content (AvgIpc) is 1.88. The molecule has 0 aliphatic rings. The fraction of sp³-hybridized carbons (Fsp3) is 0. The zero-order valence-electron chi connectivity index (χ0n) is 4.58. The Morgan fingerprint density at radius 1 is 1.56 bits per heavy atom. The maximum Gasteiger partial charge on any atom is 0.328 e. The van der Waals surface area contributed by atoms with Gasteiger partial charge in [-0.3, -0.25) is 4.98 Å². The van der Waals surface area contributed by atoms with Crippen molar-refractivity contribution in [1.82, 2.24) is 4.98 Å². The van der Waals surface area contributed by atoms with E-state index in [0.29, 0.717) is 10.5 Å². The number of nitrogens with zero attached hydrogens (tertiary/aromatic N) is 1.